The highest BCUT2D eigenvalue weighted by Crippen LogP contribution is 2.33. The van der Waals surface area contributed by atoms with E-state index in [0.29, 0.717) is 9.96 Å². The van der Waals surface area contributed by atoms with Crippen LogP contribution in [0.1, 0.15) is 20.8 Å². The van der Waals surface area contributed by atoms with Crippen molar-refractivity contribution in [1.82, 2.24) is 0 Å². The molecule has 3 heteroatoms. The van der Waals surface area contributed by atoms with Gasteiger partial charge in [0.2, 0.25) is 0 Å². The molecule has 0 spiro atoms. The van der Waals surface area contributed by atoms with E-state index in [9.17, 15) is 0 Å². The SMILES string of the molecule is CC1=N[C@H](C)S[C@@H](C)S1. The molecule has 0 saturated heterocycles. The molecule has 0 fully saturated rings. The van der Waals surface area contributed by atoms with Crippen LogP contribution in [0.5, 0.6) is 0 Å². The van der Waals surface area contributed by atoms with E-state index in [-0.39, 0.29) is 0 Å². The average Bonchev–Trinajstić information content (AvgIpc) is 1.59. The van der Waals surface area contributed by atoms with E-state index in [0.717, 1.165) is 0 Å². The van der Waals surface area contributed by atoms with Crippen molar-refractivity contribution in [3.8, 4) is 0 Å². The lowest BCUT2D eigenvalue weighted by Gasteiger charge is -2.19. The minimum absolute atomic E-state index is 0.473. The van der Waals surface area contributed by atoms with Crippen molar-refractivity contribution in [1.29, 1.82) is 0 Å². The van der Waals surface area contributed by atoms with Crippen LogP contribution in [0.3, 0.4) is 0 Å². The van der Waals surface area contributed by atoms with Crippen LogP contribution in [0.4, 0.5) is 0 Å². The highest BCUT2D eigenvalue weighted by atomic mass is 32.2. The van der Waals surface area contributed by atoms with Gasteiger partial charge in [-0.3, -0.25) is 4.99 Å². The molecule has 1 aliphatic rings. The summed E-state index contributed by atoms with van der Waals surface area (Å²) in [7, 11) is 0. The minimum atomic E-state index is 0.473. The second-order valence-electron chi connectivity index (χ2n) is 2.07. The van der Waals surface area contributed by atoms with E-state index in [2.05, 4.69) is 25.8 Å². The summed E-state index contributed by atoms with van der Waals surface area (Å²) >= 11 is 3.78. The van der Waals surface area contributed by atoms with E-state index >= 15 is 0 Å². The Morgan fingerprint density at radius 2 is 2.11 bits per heavy atom. The third-order valence-corrected chi connectivity index (χ3v) is 3.37. The largest absolute Gasteiger partial charge is 0.269 e. The standard InChI is InChI=1S/C6H11NS2/c1-4-7-5(2)9-6(3)8-4/h4,6H,1-3H3/t4-,6+/m0/s1. The molecule has 9 heavy (non-hydrogen) atoms. The maximum atomic E-state index is 4.38. The van der Waals surface area contributed by atoms with Gasteiger partial charge in [0.1, 0.15) is 0 Å². The van der Waals surface area contributed by atoms with Gasteiger partial charge in [-0.25, -0.2) is 0 Å². The van der Waals surface area contributed by atoms with Gasteiger partial charge >= 0.3 is 0 Å². The van der Waals surface area contributed by atoms with Crippen LogP contribution in [0.25, 0.3) is 0 Å². The molecular weight excluding hydrogens is 150 g/mol. The fourth-order valence-corrected chi connectivity index (χ4v) is 3.52. The highest BCUT2D eigenvalue weighted by molar-refractivity contribution is 8.25. The van der Waals surface area contributed by atoms with E-state index in [1.54, 1.807) is 0 Å². The Balaban J connectivity index is 2.56. The topological polar surface area (TPSA) is 12.4 Å². The summed E-state index contributed by atoms with van der Waals surface area (Å²) in [6.07, 6.45) is 0. The zero-order chi connectivity index (χ0) is 6.85. The van der Waals surface area contributed by atoms with Crippen LogP contribution in [-0.2, 0) is 0 Å². The van der Waals surface area contributed by atoms with Crippen LogP contribution in [0.2, 0.25) is 0 Å². The van der Waals surface area contributed by atoms with E-state index in [1.807, 2.05) is 23.5 Å². The number of nitrogens with zero attached hydrogens (tertiary/aromatic N) is 1. The Morgan fingerprint density at radius 1 is 1.44 bits per heavy atom. The molecule has 0 aromatic heterocycles. The molecule has 0 bridgehead atoms. The van der Waals surface area contributed by atoms with Gasteiger partial charge in [-0.05, 0) is 20.8 Å². The Bertz CT molecular complexity index is 133. The van der Waals surface area contributed by atoms with Gasteiger partial charge < -0.3 is 0 Å². The molecule has 0 aromatic rings. The number of rotatable bonds is 0. The van der Waals surface area contributed by atoms with Crippen LogP contribution in [0, 0.1) is 0 Å². The van der Waals surface area contributed by atoms with Gasteiger partial charge in [0.25, 0.3) is 0 Å². The predicted octanol–water partition coefficient (Wildman–Crippen LogP) is 2.58. The summed E-state index contributed by atoms with van der Waals surface area (Å²) in [5.41, 5.74) is 0. The summed E-state index contributed by atoms with van der Waals surface area (Å²) in [5, 5.41) is 1.70. The monoisotopic (exact) mass is 161 g/mol. The zero-order valence-electron chi connectivity index (χ0n) is 5.92. The first-order valence-corrected chi connectivity index (χ1v) is 4.87. The van der Waals surface area contributed by atoms with Gasteiger partial charge in [0, 0.05) is 0 Å². The molecule has 1 nitrogen and oxygen atoms in total. The first kappa shape index (κ1) is 7.48. The summed E-state index contributed by atoms with van der Waals surface area (Å²) < 4.78 is 0.692. The van der Waals surface area contributed by atoms with Gasteiger partial charge in [0.15, 0.2) is 0 Å². The lowest BCUT2D eigenvalue weighted by atomic mass is 10.7. The number of hydrogen-bond donors (Lipinski definition) is 0. The fraction of sp³-hybridized carbons (Fsp3) is 0.833. The van der Waals surface area contributed by atoms with Crippen molar-refractivity contribution >= 4 is 28.6 Å². The highest BCUT2D eigenvalue weighted by Gasteiger charge is 2.14. The van der Waals surface area contributed by atoms with Crippen LogP contribution in [-0.4, -0.2) is 15.0 Å². The van der Waals surface area contributed by atoms with E-state index in [4.69, 9.17) is 0 Å². The second-order valence-corrected chi connectivity index (χ2v) is 5.56. The Labute approximate surface area is 64.7 Å². The summed E-state index contributed by atoms with van der Waals surface area (Å²) in [6.45, 7) is 6.45. The van der Waals surface area contributed by atoms with Gasteiger partial charge in [-0.1, -0.05) is 11.8 Å². The molecule has 0 aromatic carbocycles. The molecule has 0 radical (unpaired) electrons. The molecule has 1 aliphatic heterocycles. The Morgan fingerprint density at radius 3 is 2.56 bits per heavy atom. The number of hydrogen-bond acceptors (Lipinski definition) is 3. The summed E-state index contributed by atoms with van der Waals surface area (Å²) in [6, 6.07) is 0. The number of aliphatic imine (C=N–C) groups is 1. The summed E-state index contributed by atoms with van der Waals surface area (Å²) in [5.74, 6) is 0. The lowest BCUT2D eigenvalue weighted by molar-refractivity contribution is 1.04. The normalized spacial score (nSPS) is 36.1. The van der Waals surface area contributed by atoms with Crippen LogP contribution < -0.4 is 0 Å². The Hall–Kier alpha value is 0.370. The first-order valence-electron chi connectivity index (χ1n) is 3.05. The van der Waals surface area contributed by atoms with Crippen molar-refractivity contribution in [3.05, 3.63) is 0 Å². The van der Waals surface area contributed by atoms with Crippen molar-refractivity contribution in [3.63, 3.8) is 0 Å². The molecule has 0 N–H and O–H groups in total. The van der Waals surface area contributed by atoms with Crippen molar-refractivity contribution < 1.29 is 0 Å². The van der Waals surface area contributed by atoms with Gasteiger partial charge in [-0.15, -0.1) is 11.8 Å². The first-order chi connectivity index (χ1) is 4.18. The lowest BCUT2D eigenvalue weighted by Crippen LogP contribution is -2.08. The number of thioether (sulfide) groups is 2. The molecule has 0 unspecified atom stereocenters. The van der Waals surface area contributed by atoms with E-state index in [1.165, 1.54) is 5.04 Å². The molecule has 52 valence electrons. The molecule has 2 atom stereocenters. The molecule has 1 rings (SSSR count). The van der Waals surface area contributed by atoms with Crippen molar-refractivity contribution in [2.75, 3.05) is 0 Å². The maximum absolute atomic E-state index is 4.38. The van der Waals surface area contributed by atoms with Gasteiger partial charge in [-0.2, -0.15) is 0 Å². The fourth-order valence-electron chi connectivity index (χ4n) is 0.862. The molecule has 0 aliphatic carbocycles. The maximum Gasteiger partial charge on any atom is 0.0943 e. The molecule has 0 amide bonds. The van der Waals surface area contributed by atoms with Crippen molar-refractivity contribution in [2.45, 2.75) is 30.7 Å². The summed E-state index contributed by atoms with van der Waals surface area (Å²) in [4.78, 5) is 4.38. The zero-order valence-corrected chi connectivity index (χ0v) is 7.55. The van der Waals surface area contributed by atoms with Gasteiger partial charge in [0.05, 0.1) is 15.0 Å². The Kier molecular flexibility index (Phi) is 2.47. The predicted molar refractivity (Wildman–Crippen MR) is 47.2 cm³/mol. The molecule has 0 saturated carbocycles. The van der Waals surface area contributed by atoms with Crippen molar-refractivity contribution in [2.24, 2.45) is 4.99 Å². The van der Waals surface area contributed by atoms with Crippen LogP contribution in [0.15, 0.2) is 4.99 Å². The smallest absolute Gasteiger partial charge is 0.0943 e. The van der Waals surface area contributed by atoms with Crippen LogP contribution >= 0.6 is 23.5 Å². The third kappa shape index (κ3) is 2.22. The molecule has 1 heterocycles. The molecular formula is C6H11NS2. The third-order valence-electron chi connectivity index (χ3n) is 1.09. The van der Waals surface area contributed by atoms with E-state index < -0.39 is 0 Å². The quantitative estimate of drug-likeness (QED) is 0.541. The second kappa shape index (κ2) is 2.97. The average molecular weight is 161 g/mol. The minimum Gasteiger partial charge on any atom is -0.269 e.